The fraction of sp³-hybridized carbons (Fsp3) is 0.412. The number of carbonyl (C=O) groups is 2. The Kier molecular flexibility index (Phi) is 4.59. The van der Waals surface area contributed by atoms with Crippen molar-refractivity contribution < 1.29 is 9.59 Å². The molecule has 1 saturated heterocycles. The van der Waals surface area contributed by atoms with Gasteiger partial charge in [0.1, 0.15) is 6.04 Å². The molecule has 0 radical (unpaired) electrons. The number of aromatic nitrogens is 3. The Morgan fingerprint density at radius 1 is 1.33 bits per heavy atom. The molecule has 3 rings (SSSR count). The number of hydrogen-bond donors (Lipinski definition) is 1. The fourth-order valence-electron chi connectivity index (χ4n) is 2.87. The quantitative estimate of drug-likeness (QED) is 0.906. The molecule has 0 spiro atoms. The third kappa shape index (κ3) is 3.15. The lowest BCUT2D eigenvalue weighted by Crippen LogP contribution is -2.45. The van der Waals surface area contributed by atoms with Gasteiger partial charge in [-0.3, -0.25) is 9.59 Å². The van der Waals surface area contributed by atoms with Crippen LogP contribution < -0.4 is 5.32 Å². The molecule has 126 valence electrons. The van der Waals surface area contributed by atoms with Gasteiger partial charge in [-0.1, -0.05) is 23.4 Å². The normalized spacial score (nSPS) is 18.2. The second-order valence-corrected chi connectivity index (χ2v) is 5.95. The summed E-state index contributed by atoms with van der Waals surface area (Å²) < 4.78 is 1.72. The highest BCUT2D eigenvalue weighted by Crippen LogP contribution is 2.14. The van der Waals surface area contributed by atoms with Gasteiger partial charge in [-0.05, 0) is 32.4 Å². The Morgan fingerprint density at radius 2 is 2.08 bits per heavy atom. The molecule has 0 unspecified atom stereocenters. The minimum atomic E-state index is -0.454. The molecule has 1 atom stereocenters. The van der Waals surface area contributed by atoms with Crippen LogP contribution in [-0.2, 0) is 16.0 Å². The Labute approximate surface area is 140 Å². The number of para-hydroxylation sites is 1. The van der Waals surface area contributed by atoms with Gasteiger partial charge >= 0.3 is 0 Å². The third-order valence-electron chi connectivity index (χ3n) is 4.35. The number of nitrogens with one attached hydrogen (secondary N) is 1. The smallest absolute Gasteiger partial charge is 0.242 e. The van der Waals surface area contributed by atoms with Crippen LogP contribution in [0.2, 0.25) is 0 Å². The van der Waals surface area contributed by atoms with E-state index < -0.39 is 6.04 Å². The van der Waals surface area contributed by atoms with Crippen LogP contribution >= 0.6 is 0 Å². The first kappa shape index (κ1) is 16.2. The molecule has 1 aromatic carbocycles. The summed E-state index contributed by atoms with van der Waals surface area (Å²) in [5.41, 5.74) is 2.38. The molecule has 2 aromatic rings. The summed E-state index contributed by atoms with van der Waals surface area (Å²) in [6, 6.07) is 9.22. The number of nitrogens with zero attached hydrogens (tertiary/aromatic N) is 4. The highest BCUT2D eigenvalue weighted by molar-refractivity contribution is 5.88. The number of benzene rings is 1. The molecule has 0 aliphatic carbocycles. The SMILES string of the molecule is Cc1c(CC(=O)N2CCCNC(=O)[C@@H]2C)nnn1-c1ccccc1. The van der Waals surface area contributed by atoms with E-state index in [1.807, 2.05) is 37.3 Å². The maximum Gasteiger partial charge on any atom is 0.242 e. The average Bonchev–Trinajstić information content (AvgIpc) is 2.86. The molecule has 1 N–H and O–H groups in total. The number of carbonyl (C=O) groups excluding carboxylic acids is 2. The van der Waals surface area contributed by atoms with E-state index in [0.717, 1.165) is 17.8 Å². The van der Waals surface area contributed by atoms with E-state index in [1.54, 1.807) is 16.5 Å². The van der Waals surface area contributed by atoms with E-state index in [-0.39, 0.29) is 18.2 Å². The van der Waals surface area contributed by atoms with Crippen molar-refractivity contribution in [1.82, 2.24) is 25.2 Å². The van der Waals surface area contributed by atoms with Crippen molar-refractivity contribution in [2.75, 3.05) is 13.1 Å². The van der Waals surface area contributed by atoms with Crippen LogP contribution in [0.3, 0.4) is 0 Å². The molecule has 1 aromatic heterocycles. The predicted octanol–water partition coefficient (Wildman–Crippen LogP) is 0.855. The Hall–Kier alpha value is -2.70. The van der Waals surface area contributed by atoms with Crippen molar-refractivity contribution in [1.29, 1.82) is 0 Å². The van der Waals surface area contributed by atoms with Crippen molar-refractivity contribution in [2.45, 2.75) is 32.7 Å². The number of hydrogen-bond acceptors (Lipinski definition) is 4. The summed E-state index contributed by atoms with van der Waals surface area (Å²) >= 11 is 0. The van der Waals surface area contributed by atoms with Crippen LogP contribution in [0, 0.1) is 6.92 Å². The first-order valence-corrected chi connectivity index (χ1v) is 8.11. The van der Waals surface area contributed by atoms with Gasteiger partial charge in [0, 0.05) is 13.1 Å². The van der Waals surface area contributed by atoms with E-state index in [4.69, 9.17) is 0 Å². The Balaban J connectivity index is 1.78. The van der Waals surface area contributed by atoms with E-state index in [1.165, 1.54) is 0 Å². The van der Waals surface area contributed by atoms with Gasteiger partial charge in [-0.2, -0.15) is 0 Å². The van der Waals surface area contributed by atoms with Gasteiger partial charge in [0.25, 0.3) is 0 Å². The van der Waals surface area contributed by atoms with Crippen LogP contribution in [0.5, 0.6) is 0 Å². The second kappa shape index (κ2) is 6.82. The molecule has 24 heavy (non-hydrogen) atoms. The predicted molar refractivity (Wildman–Crippen MR) is 88.6 cm³/mol. The fourth-order valence-corrected chi connectivity index (χ4v) is 2.87. The zero-order valence-electron chi connectivity index (χ0n) is 13.9. The monoisotopic (exact) mass is 327 g/mol. The van der Waals surface area contributed by atoms with Gasteiger partial charge in [-0.25, -0.2) is 4.68 Å². The first-order valence-electron chi connectivity index (χ1n) is 8.11. The van der Waals surface area contributed by atoms with Crippen molar-refractivity contribution in [3.05, 3.63) is 41.7 Å². The van der Waals surface area contributed by atoms with Crippen molar-refractivity contribution in [2.24, 2.45) is 0 Å². The van der Waals surface area contributed by atoms with Gasteiger partial charge < -0.3 is 10.2 Å². The van der Waals surface area contributed by atoms with Crippen LogP contribution in [0.15, 0.2) is 30.3 Å². The zero-order chi connectivity index (χ0) is 17.1. The van der Waals surface area contributed by atoms with Crippen LogP contribution in [0.1, 0.15) is 24.7 Å². The van der Waals surface area contributed by atoms with Crippen LogP contribution in [0.4, 0.5) is 0 Å². The van der Waals surface area contributed by atoms with Crippen molar-refractivity contribution >= 4 is 11.8 Å². The third-order valence-corrected chi connectivity index (χ3v) is 4.35. The molecular weight excluding hydrogens is 306 g/mol. The van der Waals surface area contributed by atoms with Crippen molar-refractivity contribution in [3.63, 3.8) is 0 Å². The van der Waals surface area contributed by atoms with Gasteiger partial charge in [0.15, 0.2) is 0 Å². The molecule has 7 nitrogen and oxygen atoms in total. The van der Waals surface area contributed by atoms with Crippen LogP contribution in [-0.4, -0.2) is 50.8 Å². The maximum absolute atomic E-state index is 12.6. The topological polar surface area (TPSA) is 80.1 Å². The van der Waals surface area contributed by atoms with Crippen molar-refractivity contribution in [3.8, 4) is 5.69 Å². The Morgan fingerprint density at radius 3 is 2.83 bits per heavy atom. The summed E-state index contributed by atoms with van der Waals surface area (Å²) in [6.45, 7) is 4.83. The van der Waals surface area contributed by atoms with Gasteiger partial charge in [0.2, 0.25) is 11.8 Å². The summed E-state index contributed by atoms with van der Waals surface area (Å²) in [7, 11) is 0. The molecule has 0 bridgehead atoms. The molecule has 1 aliphatic heterocycles. The zero-order valence-corrected chi connectivity index (χ0v) is 13.9. The molecule has 1 fully saturated rings. The van der Waals surface area contributed by atoms with E-state index in [0.29, 0.717) is 18.8 Å². The minimum Gasteiger partial charge on any atom is -0.354 e. The molecular formula is C17H21N5O2. The maximum atomic E-state index is 12.6. The standard InChI is InChI=1S/C17H21N5O2/c1-12-15(19-20-22(12)14-7-4-3-5-8-14)11-16(23)21-10-6-9-18-17(24)13(21)2/h3-5,7-8,13H,6,9-11H2,1-2H3,(H,18,24)/t13-/m0/s1. The minimum absolute atomic E-state index is 0.0947. The summed E-state index contributed by atoms with van der Waals surface area (Å²) in [5.74, 6) is -0.201. The van der Waals surface area contributed by atoms with E-state index in [9.17, 15) is 9.59 Å². The lowest BCUT2D eigenvalue weighted by Gasteiger charge is -2.25. The molecule has 0 saturated carbocycles. The summed E-state index contributed by atoms with van der Waals surface area (Å²) in [5, 5.41) is 11.1. The van der Waals surface area contributed by atoms with Crippen LogP contribution in [0.25, 0.3) is 5.69 Å². The first-order chi connectivity index (χ1) is 11.6. The lowest BCUT2D eigenvalue weighted by molar-refractivity contribution is -0.138. The molecule has 2 amide bonds. The highest BCUT2D eigenvalue weighted by Gasteiger charge is 2.28. The van der Waals surface area contributed by atoms with Gasteiger partial charge in [-0.15, -0.1) is 5.10 Å². The lowest BCUT2D eigenvalue weighted by atomic mass is 10.2. The average molecular weight is 327 g/mol. The Bertz CT molecular complexity index is 741. The van der Waals surface area contributed by atoms with E-state index >= 15 is 0 Å². The molecule has 1 aliphatic rings. The number of amides is 2. The number of rotatable bonds is 3. The molecule has 7 heteroatoms. The highest BCUT2D eigenvalue weighted by atomic mass is 16.2. The molecule has 2 heterocycles. The summed E-state index contributed by atoms with van der Waals surface area (Å²) in [4.78, 5) is 26.2. The van der Waals surface area contributed by atoms with Gasteiger partial charge in [0.05, 0.1) is 23.5 Å². The van der Waals surface area contributed by atoms with E-state index in [2.05, 4.69) is 15.6 Å². The second-order valence-electron chi connectivity index (χ2n) is 5.95. The summed E-state index contributed by atoms with van der Waals surface area (Å²) in [6.07, 6.45) is 0.911. The largest absolute Gasteiger partial charge is 0.354 e.